The summed E-state index contributed by atoms with van der Waals surface area (Å²) in [7, 11) is 0. The molecule has 0 atom stereocenters. The van der Waals surface area contributed by atoms with Crippen LogP contribution < -0.4 is 5.73 Å². The smallest absolute Gasteiger partial charge is 0.117 e. The van der Waals surface area contributed by atoms with E-state index in [4.69, 9.17) is 11.0 Å². The number of hydrogen-bond acceptors (Lipinski definition) is 5. The fourth-order valence-electron chi connectivity index (χ4n) is 1.87. The second-order valence-corrected chi connectivity index (χ2v) is 5.22. The third kappa shape index (κ3) is 2.29. The Bertz CT molecular complexity index is 818. The van der Waals surface area contributed by atoms with Crippen LogP contribution in [0.5, 0.6) is 0 Å². The molecule has 3 aromatic rings. The molecule has 0 amide bonds. The maximum Gasteiger partial charge on any atom is 0.117 e. The Morgan fingerprint density at radius 1 is 1.10 bits per heavy atom. The molecule has 4 nitrogen and oxygen atoms in total. The second-order valence-electron chi connectivity index (χ2n) is 4.16. The molecule has 0 bridgehead atoms. The van der Waals surface area contributed by atoms with Crippen molar-refractivity contribution in [3.8, 4) is 6.07 Å². The maximum absolute atomic E-state index is 9.02. The summed E-state index contributed by atoms with van der Waals surface area (Å²) < 4.78 is 0. The summed E-state index contributed by atoms with van der Waals surface area (Å²) in [5.41, 5.74) is 7.60. The maximum atomic E-state index is 9.02. The molecule has 0 unspecified atom stereocenters. The molecule has 0 radical (unpaired) electrons. The standard InChI is InChI=1S/C15H10N4S/c16-8-10-7-11(5-6-13(10)17)20-15-12-3-1-2-4-14(12)18-9-19-15/h1-7,9H,17H2. The fraction of sp³-hybridized carbons (Fsp3) is 0. The normalized spacial score (nSPS) is 10.3. The first-order chi connectivity index (χ1) is 9.78. The van der Waals surface area contributed by atoms with Gasteiger partial charge in [0.2, 0.25) is 0 Å². The van der Waals surface area contributed by atoms with Crippen LogP contribution in [0.1, 0.15) is 5.56 Å². The van der Waals surface area contributed by atoms with Crippen LogP contribution in [0.2, 0.25) is 0 Å². The number of nitriles is 1. The molecule has 20 heavy (non-hydrogen) atoms. The number of benzene rings is 2. The number of nitrogens with two attached hydrogens (primary N) is 1. The number of aromatic nitrogens is 2. The topological polar surface area (TPSA) is 75.6 Å². The zero-order valence-corrected chi connectivity index (χ0v) is 11.3. The van der Waals surface area contributed by atoms with Crippen molar-refractivity contribution in [3.05, 3.63) is 54.4 Å². The van der Waals surface area contributed by atoms with E-state index in [0.717, 1.165) is 20.8 Å². The lowest BCUT2D eigenvalue weighted by molar-refractivity contribution is 1.10. The summed E-state index contributed by atoms with van der Waals surface area (Å²) in [4.78, 5) is 9.48. The summed E-state index contributed by atoms with van der Waals surface area (Å²) in [5.74, 6) is 0. The van der Waals surface area contributed by atoms with Gasteiger partial charge in [0, 0.05) is 16.0 Å². The van der Waals surface area contributed by atoms with Crippen molar-refractivity contribution in [1.29, 1.82) is 5.26 Å². The van der Waals surface area contributed by atoms with Crippen molar-refractivity contribution >= 4 is 28.4 Å². The van der Waals surface area contributed by atoms with E-state index in [1.54, 1.807) is 18.5 Å². The first-order valence-corrected chi connectivity index (χ1v) is 6.77. The predicted molar refractivity (Wildman–Crippen MR) is 79.2 cm³/mol. The van der Waals surface area contributed by atoms with Gasteiger partial charge in [0.1, 0.15) is 17.4 Å². The number of nitrogens with zero attached hydrogens (tertiary/aromatic N) is 3. The van der Waals surface area contributed by atoms with Gasteiger partial charge < -0.3 is 5.73 Å². The fourth-order valence-corrected chi connectivity index (χ4v) is 2.79. The molecule has 0 saturated heterocycles. The quantitative estimate of drug-likeness (QED) is 0.575. The second kappa shape index (κ2) is 5.19. The number of anilines is 1. The van der Waals surface area contributed by atoms with E-state index in [-0.39, 0.29) is 0 Å². The van der Waals surface area contributed by atoms with Crippen LogP contribution in [0.25, 0.3) is 10.9 Å². The number of para-hydroxylation sites is 1. The molecule has 5 heteroatoms. The predicted octanol–water partition coefficient (Wildman–Crippen LogP) is 3.23. The van der Waals surface area contributed by atoms with Gasteiger partial charge in [0.15, 0.2) is 0 Å². The van der Waals surface area contributed by atoms with E-state index in [1.165, 1.54) is 11.8 Å². The molecule has 2 N–H and O–H groups in total. The van der Waals surface area contributed by atoms with Crippen molar-refractivity contribution in [2.45, 2.75) is 9.92 Å². The van der Waals surface area contributed by atoms with Crippen molar-refractivity contribution in [2.75, 3.05) is 5.73 Å². The van der Waals surface area contributed by atoms with Gasteiger partial charge in [-0.2, -0.15) is 5.26 Å². The van der Waals surface area contributed by atoms with Crippen LogP contribution in [0.3, 0.4) is 0 Å². The van der Waals surface area contributed by atoms with Crippen LogP contribution in [0.4, 0.5) is 5.69 Å². The Balaban J connectivity index is 2.04. The summed E-state index contributed by atoms with van der Waals surface area (Å²) in [6.07, 6.45) is 1.55. The molecule has 0 spiro atoms. The minimum atomic E-state index is 0.480. The minimum absolute atomic E-state index is 0.480. The molecule has 2 aromatic carbocycles. The minimum Gasteiger partial charge on any atom is -0.398 e. The van der Waals surface area contributed by atoms with Crippen molar-refractivity contribution in [1.82, 2.24) is 9.97 Å². The van der Waals surface area contributed by atoms with Gasteiger partial charge in [-0.05, 0) is 24.3 Å². The van der Waals surface area contributed by atoms with Gasteiger partial charge in [0.05, 0.1) is 11.1 Å². The summed E-state index contributed by atoms with van der Waals surface area (Å²) in [6, 6.07) is 15.3. The van der Waals surface area contributed by atoms with E-state index in [1.807, 2.05) is 30.3 Å². The zero-order chi connectivity index (χ0) is 13.9. The molecule has 0 saturated carbocycles. The third-order valence-corrected chi connectivity index (χ3v) is 3.87. The highest BCUT2D eigenvalue weighted by atomic mass is 32.2. The molecular formula is C15H10N4S. The lowest BCUT2D eigenvalue weighted by Crippen LogP contribution is -1.91. The average molecular weight is 278 g/mol. The average Bonchev–Trinajstić information content (AvgIpc) is 2.49. The van der Waals surface area contributed by atoms with E-state index in [9.17, 15) is 0 Å². The Hall–Kier alpha value is -2.58. The largest absolute Gasteiger partial charge is 0.398 e. The van der Waals surface area contributed by atoms with Crippen LogP contribution in [-0.2, 0) is 0 Å². The van der Waals surface area contributed by atoms with Crippen molar-refractivity contribution in [3.63, 3.8) is 0 Å². The Morgan fingerprint density at radius 2 is 1.95 bits per heavy atom. The van der Waals surface area contributed by atoms with Crippen LogP contribution >= 0.6 is 11.8 Å². The highest BCUT2D eigenvalue weighted by Crippen LogP contribution is 2.32. The van der Waals surface area contributed by atoms with Crippen LogP contribution in [-0.4, -0.2) is 9.97 Å². The van der Waals surface area contributed by atoms with Gasteiger partial charge in [0.25, 0.3) is 0 Å². The molecule has 0 aliphatic carbocycles. The van der Waals surface area contributed by atoms with Gasteiger partial charge in [-0.15, -0.1) is 0 Å². The molecule has 3 rings (SSSR count). The SMILES string of the molecule is N#Cc1cc(Sc2ncnc3ccccc23)ccc1N. The lowest BCUT2D eigenvalue weighted by atomic mass is 10.2. The molecule has 0 fully saturated rings. The zero-order valence-electron chi connectivity index (χ0n) is 10.4. The van der Waals surface area contributed by atoms with Gasteiger partial charge in [-0.3, -0.25) is 0 Å². The molecule has 1 aromatic heterocycles. The van der Waals surface area contributed by atoms with E-state index < -0.39 is 0 Å². The first kappa shape index (κ1) is 12.5. The highest BCUT2D eigenvalue weighted by Gasteiger charge is 2.07. The van der Waals surface area contributed by atoms with Crippen molar-refractivity contribution in [2.24, 2.45) is 0 Å². The number of fused-ring (bicyclic) bond motifs is 1. The molecule has 0 aliphatic heterocycles. The lowest BCUT2D eigenvalue weighted by Gasteiger charge is -2.05. The number of rotatable bonds is 2. The third-order valence-electron chi connectivity index (χ3n) is 2.87. The van der Waals surface area contributed by atoms with E-state index >= 15 is 0 Å². The van der Waals surface area contributed by atoms with E-state index in [2.05, 4.69) is 16.0 Å². The molecular weight excluding hydrogens is 268 g/mol. The Kier molecular flexibility index (Phi) is 3.23. The Labute approximate surface area is 120 Å². The van der Waals surface area contributed by atoms with Crippen LogP contribution in [0, 0.1) is 11.3 Å². The van der Waals surface area contributed by atoms with Gasteiger partial charge in [-0.25, -0.2) is 9.97 Å². The molecule has 0 aliphatic rings. The summed E-state index contributed by atoms with van der Waals surface area (Å²) >= 11 is 1.50. The first-order valence-electron chi connectivity index (χ1n) is 5.95. The molecule has 1 heterocycles. The summed E-state index contributed by atoms with van der Waals surface area (Å²) in [5, 5.41) is 10.9. The van der Waals surface area contributed by atoms with Gasteiger partial charge in [-0.1, -0.05) is 30.0 Å². The number of nitrogen functional groups attached to an aromatic ring is 1. The van der Waals surface area contributed by atoms with E-state index in [0.29, 0.717) is 11.3 Å². The highest BCUT2D eigenvalue weighted by molar-refractivity contribution is 7.99. The number of hydrogen-bond donors (Lipinski definition) is 1. The summed E-state index contributed by atoms with van der Waals surface area (Å²) in [6.45, 7) is 0. The van der Waals surface area contributed by atoms with Crippen molar-refractivity contribution < 1.29 is 0 Å². The van der Waals surface area contributed by atoms with Gasteiger partial charge >= 0.3 is 0 Å². The molecule has 96 valence electrons. The monoisotopic (exact) mass is 278 g/mol. The van der Waals surface area contributed by atoms with Crippen LogP contribution in [0.15, 0.2) is 58.7 Å². The Morgan fingerprint density at radius 3 is 2.80 bits per heavy atom.